The average Bonchev–Trinajstić information content (AvgIpc) is 2.33. The van der Waals surface area contributed by atoms with Crippen molar-refractivity contribution < 1.29 is 13.9 Å². The molecule has 3 nitrogen and oxygen atoms in total. The summed E-state index contributed by atoms with van der Waals surface area (Å²) < 4.78 is 19.1. The maximum atomic E-state index is 13.7. The Morgan fingerprint density at radius 1 is 1.59 bits per heavy atom. The van der Waals surface area contributed by atoms with E-state index in [2.05, 4.69) is 26.0 Å². The molecule has 0 amide bonds. The van der Waals surface area contributed by atoms with Gasteiger partial charge in [0, 0.05) is 10.0 Å². The van der Waals surface area contributed by atoms with E-state index in [9.17, 15) is 9.18 Å². The van der Waals surface area contributed by atoms with Crippen LogP contribution in [0.4, 0.5) is 4.39 Å². The highest BCUT2D eigenvalue weighted by molar-refractivity contribution is 9.10. The fourth-order valence-corrected chi connectivity index (χ4v) is 1.84. The number of carbonyl (C=O) groups excluding carboxylic acids is 1. The number of carbonyl (C=O) groups is 1. The van der Waals surface area contributed by atoms with Crippen LogP contribution < -0.4 is 5.32 Å². The molecule has 1 unspecified atom stereocenters. The zero-order valence-corrected chi connectivity index (χ0v) is 11.4. The standard InChI is InChI=1S/C12H15BrFNO2/c1-3-6-15-11(12(16)17-2)9-7-8(13)4-5-10(9)14/h4-5,7,11,15H,3,6H2,1-2H3. The van der Waals surface area contributed by atoms with Crippen molar-refractivity contribution in [2.45, 2.75) is 19.4 Å². The molecule has 0 bridgehead atoms. The smallest absolute Gasteiger partial charge is 0.327 e. The third-order valence-electron chi connectivity index (χ3n) is 2.30. The Labute approximate surface area is 108 Å². The maximum Gasteiger partial charge on any atom is 0.327 e. The predicted octanol–water partition coefficient (Wildman–Crippen LogP) is 2.80. The molecule has 0 fully saturated rings. The Bertz CT molecular complexity index is 398. The van der Waals surface area contributed by atoms with Crippen molar-refractivity contribution in [2.75, 3.05) is 13.7 Å². The molecule has 0 heterocycles. The van der Waals surface area contributed by atoms with E-state index in [1.807, 2.05) is 6.92 Å². The molecule has 0 saturated carbocycles. The summed E-state index contributed by atoms with van der Waals surface area (Å²) in [5, 5.41) is 2.97. The number of methoxy groups -OCH3 is 1. The van der Waals surface area contributed by atoms with Crippen LogP contribution in [-0.2, 0) is 9.53 Å². The molecule has 1 rings (SSSR count). The molecule has 5 heteroatoms. The van der Waals surface area contributed by atoms with Gasteiger partial charge in [-0.1, -0.05) is 22.9 Å². The molecule has 0 aromatic heterocycles. The van der Waals surface area contributed by atoms with Crippen LogP contribution >= 0.6 is 15.9 Å². The molecule has 0 spiro atoms. The van der Waals surface area contributed by atoms with Gasteiger partial charge < -0.3 is 10.1 Å². The van der Waals surface area contributed by atoms with Gasteiger partial charge in [-0.15, -0.1) is 0 Å². The molecule has 94 valence electrons. The maximum absolute atomic E-state index is 13.7. The molecule has 0 aliphatic carbocycles. The second-order valence-corrected chi connectivity index (χ2v) is 4.49. The van der Waals surface area contributed by atoms with E-state index in [0.717, 1.165) is 10.9 Å². The molecule has 1 aromatic carbocycles. The van der Waals surface area contributed by atoms with Gasteiger partial charge >= 0.3 is 5.97 Å². The molecular weight excluding hydrogens is 289 g/mol. The molecular formula is C12H15BrFNO2. The zero-order valence-electron chi connectivity index (χ0n) is 9.80. The van der Waals surface area contributed by atoms with Crippen LogP contribution in [0.25, 0.3) is 0 Å². The predicted molar refractivity (Wildman–Crippen MR) is 67.2 cm³/mol. The second-order valence-electron chi connectivity index (χ2n) is 3.58. The highest BCUT2D eigenvalue weighted by atomic mass is 79.9. The van der Waals surface area contributed by atoms with Gasteiger partial charge in [0.25, 0.3) is 0 Å². The molecule has 17 heavy (non-hydrogen) atoms. The zero-order chi connectivity index (χ0) is 12.8. The number of benzene rings is 1. The molecule has 1 N–H and O–H groups in total. The normalized spacial score (nSPS) is 12.2. The lowest BCUT2D eigenvalue weighted by atomic mass is 10.1. The number of ether oxygens (including phenoxy) is 1. The van der Waals surface area contributed by atoms with Crippen molar-refractivity contribution in [3.05, 3.63) is 34.1 Å². The van der Waals surface area contributed by atoms with Crippen LogP contribution in [0.1, 0.15) is 24.9 Å². The van der Waals surface area contributed by atoms with E-state index in [1.165, 1.54) is 13.2 Å². The lowest BCUT2D eigenvalue weighted by Crippen LogP contribution is -2.31. The summed E-state index contributed by atoms with van der Waals surface area (Å²) in [6.07, 6.45) is 0.850. The van der Waals surface area contributed by atoms with Crippen LogP contribution in [-0.4, -0.2) is 19.6 Å². The Hall–Kier alpha value is -0.940. The van der Waals surface area contributed by atoms with Gasteiger partial charge in [0.15, 0.2) is 0 Å². The van der Waals surface area contributed by atoms with E-state index in [1.54, 1.807) is 12.1 Å². The molecule has 0 radical (unpaired) electrons. The third kappa shape index (κ3) is 3.78. The quantitative estimate of drug-likeness (QED) is 0.850. The lowest BCUT2D eigenvalue weighted by Gasteiger charge is -2.17. The first kappa shape index (κ1) is 14.1. The summed E-state index contributed by atoms with van der Waals surface area (Å²) in [5.41, 5.74) is 0.291. The summed E-state index contributed by atoms with van der Waals surface area (Å²) in [7, 11) is 1.29. The van der Waals surface area contributed by atoms with Crippen molar-refractivity contribution in [1.29, 1.82) is 0 Å². The first-order valence-corrected chi connectivity index (χ1v) is 6.15. The molecule has 1 atom stereocenters. The minimum Gasteiger partial charge on any atom is -0.468 e. The van der Waals surface area contributed by atoms with Crippen molar-refractivity contribution in [3.63, 3.8) is 0 Å². The lowest BCUT2D eigenvalue weighted by molar-refractivity contribution is -0.143. The average molecular weight is 304 g/mol. The highest BCUT2D eigenvalue weighted by Crippen LogP contribution is 2.22. The van der Waals surface area contributed by atoms with Crippen LogP contribution in [0.15, 0.2) is 22.7 Å². The summed E-state index contributed by atoms with van der Waals surface area (Å²) in [6, 6.07) is 3.73. The van der Waals surface area contributed by atoms with Crippen LogP contribution in [0.2, 0.25) is 0 Å². The van der Waals surface area contributed by atoms with E-state index >= 15 is 0 Å². The van der Waals surface area contributed by atoms with E-state index in [-0.39, 0.29) is 0 Å². The van der Waals surface area contributed by atoms with E-state index < -0.39 is 17.8 Å². The minimum absolute atomic E-state index is 0.291. The summed E-state index contributed by atoms with van der Waals surface area (Å²) in [5.74, 6) is -0.914. The summed E-state index contributed by atoms with van der Waals surface area (Å²) >= 11 is 3.26. The number of hydrogen-bond donors (Lipinski definition) is 1. The van der Waals surface area contributed by atoms with Crippen LogP contribution in [0.3, 0.4) is 0 Å². The first-order chi connectivity index (χ1) is 8.10. The van der Waals surface area contributed by atoms with Crippen LogP contribution in [0, 0.1) is 5.82 Å². The van der Waals surface area contributed by atoms with Crippen molar-refractivity contribution in [2.24, 2.45) is 0 Å². The fraction of sp³-hybridized carbons (Fsp3) is 0.417. The molecule has 1 aromatic rings. The first-order valence-electron chi connectivity index (χ1n) is 5.36. The molecule has 0 aliphatic heterocycles. The summed E-state index contributed by atoms with van der Waals surface area (Å²) in [6.45, 7) is 2.59. The van der Waals surface area contributed by atoms with E-state index in [4.69, 9.17) is 0 Å². The molecule has 0 aliphatic rings. The number of esters is 1. The fourth-order valence-electron chi connectivity index (χ4n) is 1.46. The van der Waals surface area contributed by atoms with Crippen molar-refractivity contribution in [1.82, 2.24) is 5.32 Å². The van der Waals surface area contributed by atoms with Gasteiger partial charge in [-0.25, -0.2) is 9.18 Å². The Kier molecular flexibility index (Phi) is 5.58. The minimum atomic E-state index is -0.766. The van der Waals surface area contributed by atoms with Gasteiger partial charge in [0.05, 0.1) is 7.11 Å². The Morgan fingerprint density at radius 3 is 2.88 bits per heavy atom. The van der Waals surface area contributed by atoms with Crippen molar-refractivity contribution >= 4 is 21.9 Å². The highest BCUT2D eigenvalue weighted by Gasteiger charge is 2.23. The number of hydrogen-bond acceptors (Lipinski definition) is 3. The van der Waals surface area contributed by atoms with Gasteiger partial charge in [0.2, 0.25) is 0 Å². The van der Waals surface area contributed by atoms with Gasteiger partial charge in [-0.3, -0.25) is 0 Å². The Morgan fingerprint density at radius 2 is 2.29 bits per heavy atom. The number of halogens is 2. The SMILES string of the molecule is CCCNC(C(=O)OC)c1cc(Br)ccc1F. The van der Waals surface area contributed by atoms with Gasteiger partial charge in [-0.05, 0) is 31.2 Å². The van der Waals surface area contributed by atoms with E-state index in [0.29, 0.717) is 12.1 Å². The van der Waals surface area contributed by atoms with Crippen LogP contribution in [0.5, 0.6) is 0 Å². The largest absolute Gasteiger partial charge is 0.468 e. The van der Waals surface area contributed by atoms with Crippen molar-refractivity contribution in [3.8, 4) is 0 Å². The topological polar surface area (TPSA) is 38.3 Å². The summed E-state index contributed by atoms with van der Waals surface area (Å²) in [4.78, 5) is 11.6. The van der Waals surface area contributed by atoms with Gasteiger partial charge in [-0.2, -0.15) is 0 Å². The third-order valence-corrected chi connectivity index (χ3v) is 2.80. The number of nitrogens with one attached hydrogen (secondary N) is 1. The second kappa shape index (κ2) is 6.71. The van der Waals surface area contributed by atoms with Gasteiger partial charge in [0.1, 0.15) is 11.9 Å². The number of rotatable bonds is 5. The Balaban J connectivity index is 3.02. The molecule has 0 saturated heterocycles. The monoisotopic (exact) mass is 303 g/mol.